The number of hydrogen-bond donors (Lipinski definition) is 1. The van der Waals surface area contributed by atoms with Crippen molar-refractivity contribution < 1.29 is 18.0 Å². The maximum Gasteiger partial charge on any atom is 0.416 e. The van der Waals surface area contributed by atoms with Crippen LogP contribution in [0.1, 0.15) is 34.3 Å². The molecule has 0 bridgehead atoms. The van der Waals surface area contributed by atoms with Crippen molar-refractivity contribution in [2.75, 3.05) is 5.73 Å². The molecule has 25 heavy (non-hydrogen) atoms. The molecule has 0 spiro atoms. The summed E-state index contributed by atoms with van der Waals surface area (Å²) in [5.41, 5.74) is 6.73. The number of nitrogens with zero attached hydrogens (tertiary/aromatic N) is 1. The van der Waals surface area contributed by atoms with Crippen molar-refractivity contribution in [3.05, 3.63) is 65.2 Å². The third kappa shape index (κ3) is 4.66. The van der Waals surface area contributed by atoms with E-state index >= 15 is 0 Å². The molecular formula is C18H18ClF3N2O. The van der Waals surface area contributed by atoms with Gasteiger partial charge in [0.1, 0.15) is 0 Å². The van der Waals surface area contributed by atoms with Crippen molar-refractivity contribution in [3.8, 4) is 0 Å². The molecule has 2 N–H and O–H groups in total. The Balaban J connectivity index is 0.00000225. The average molecular weight is 371 g/mol. The molecule has 0 saturated heterocycles. The number of nitrogen functional groups attached to an aromatic ring is 1. The van der Waals surface area contributed by atoms with Crippen molar-refractivity contribution in [1.29, 1.82) is 0 Å². The number of rotatable bonds is 4. The first kappa shape index (κ1) is 19.1. The Morgan fingerprint density at radius 3 is 2.08 bits per heavy atom. The largest absolute Gasteiger partial charge is 0.416 e. The van der Waals surface area contributed by atoms with Gasteiger partial charge in [-0.3, -0.25) is 4.79 Å². The van der Waals surface area contributed by atoms with Crippen LogP contribution in [0.4, 0.5) is 18.9 Å². The molecule has 3 rings (SSSR count). The van der Waals surface area contributed by atoms with Gasteiger partial charge >= 0.3 is 6.18 Å². The number of hydrogen-bond acceptors (Lipinski definition) is 2. The summed E-state index contributed by atoms with van der Waals surface area (Å²) in [4.78, 5) is 14.4. The van der Waals surface area contributed by atoms with E-state index in [0.29, 0.717) is 23.4 Å². The van der Waals surface area contributed by atoms with Gasteiger partial charge in [-0.2, -0.15) is 13.2 Å². The maximum atomic E-state index is 12.7. The molecule has 0 aromatic heterocycles. The van der Waals surface area contributed by atoms with E-state index in [0.717, 1.165) is 25.0 Å². The predicted octanol–water partition coefficient (Wildman–Crippen LogP) is 4.51. The minimum atomic E-state index is -4.35. The second-order valence-electron chi connectivity index (χ2n) is 5.98. The summed E-state index contributed by atoms with van der Waals surface area (Å²) in [6.45, 7) is 0.298. The number of nitrogens with two attached hydrogens (primary N) is 1. The normalized spacial score (nSPS) is 13.9. The van der Waals surface area contributed by atoms with Gasteiger partial charge in [-0.25, -0.2) is 0 Å². The predicted molar refractivity (Wildman–Crippen MR) is 92.4 cm³/mol. The Morgan fingerprint density at radius 1 is 1.04 bits per heavy atom. The van der Waals surface area contributed by atoms with Gasteiger partial charge in [0.15, 0.2) is 0 Å². The van der Waals surface area contributed by atoms with Gasteiger partial charge in [0.05, 0.1) is 5.56 Å². The fourth-order valence-electron chi connectivity index (χ4n) is 2.54. The van der Waals surface area contributed by atoms with Crippen LogP contribution in [0.2, 0.25) is 0 Å². The van der Waals surface area contributed by atoms with Crippen LogP contribution < -0.4 is 5.73 Å². The van der Waals surface area contributed by atoms with Gasteiger partial charge in [-0.1, -0.05) is 12.1 Å². The van der Waals surface area contributed by atoms with Crippen molar-refractivity contribution in [2.45, 2.75) is 31.6 Å². The smallest absolute Gasteiger partial charge is 0.399 e. The second-order valence-corrected chi connectivity index (χ2v) is 5.98. The molecule has 7 heteroatoms. The van der Waals surface area contributed by atoms with Crippen LogP contribution in [-0.2, 0) is 12.7 Å². The quantitative estimate of drug-likeness (QED) is 0.804. The number of carbonyl (C=O) groups excluding carboxylic acids is 1. The van der Waals surface area contributed by atoms with E-state index in [-0.39, 0.29) is 24.4 Å². The lowest BCUT2D eigenvalue weighted by Crippen LogP contribution is -2.32. The number of halogens is 4. The molecule has 1 saturated carbocycles. The standard InChI is InChI=1S/C18H17F3N2O.ClH/c19-18(20,21)14-5-1-12(2-6-14)11-23(16-9-10-16)17(24)13-3-7-15(22)8-4-13;/h1-8,16H,9-11,22H2;1H. The first-order valence-corrected chi connectivity index (χ1v) is 7.67. The molecule has 1 aliphatic rings. The second kappa shape index (κ2) is 7.35. The van der Waals surface area contributed by atoms with E-state index in [1.807, 2.05) is 0 Å². The van der Waals surface area contributed by atoms with Crippen LogP contribution in [0.3, 0.4) is 0 Å². The highest BCUT2D eigenvalue weighted by Gasteiger charge is 2.33. The average Bonchev–Trinajstić information content (AvgIpc) is 3.37. The van der Waals surface area contributed by atoms with Crippen molar-refractivity contribution in [2.24, 2.45) is 0 Å². The number of alkyl halides is 3. The SMILES string of the molecule is Cl.Nc1ccc(C(=O)N(Cc2ccc(C(F)(F)F)cc2)C2CC2)cc1. The van der Waals surface area contributed by atoms with Gasteiger partial charge in [0.25, 0.3) is 5.91 Å². The van der Waals surface area contributed by atoms with E-state index < -0.39 is 11.7 Å². The molecule has 0 radical (unpaired) electrons. The molecule has 0 unspecified atom stereocenters. The van der Waals surface area contributed by atoms with E-state index in [4.69, 9.17) is 5.73 Å². The lowest BCUT2D eigenvalue weighted by molar-refractivity contribution is -0.137. The van der Waals surface area contributed by atoms with Crippen LogP contribution in [0.5, 0.6) is 0 Å². The molecule has 1 fully saturated rings. The van der Waals surface area contributed by atoms with E-state index in [1.165, 1.54) is 12.1 Å². The molecule has 134 valence electrons. The number of carbonyl (C=O) groups is 1. The molecule has 1 aliphatic carbocycles. The van der Waals surface area contributed by atoms with E-state index in [9.17, 15) is 18.0 Å². The van der Waals surface area contributed by atoms with Crippen molar-refractivity contribution >= 4 is 24.0 Å². The Labute approximate surface area is 150 Å². The van der Waals surface area contributed by atoms with Crippen molar-refractivity contribution in [1.82, 2.24) is 4.90 Å². The summed E-state index contributed by atoms with van der Waals surface area (Å²) < 4.78 is 37.9. The lowest BCUT2D eigenvalue weighted by atomic mass is 10.1. The molecular weight excluding hydrogens is 353 g/mol. The van der Waals surface area contributed by atoms with Gasteiger partial charge in [-0.05, 0) is 54.8 Å². The van der Waals surface area contributed by atoms with Gasteiger partial charge in [0, 0.05) is 23.8 Å². The Kier molecular flexibility index (Phi) is 5.62. The topological polar surface area (TPSA) is 46.3 Å². The van der Waals surface area contributed by atoms with Crippen LogP contribution in [-0.4, -0.2) is 16.8 Å². The Morgan fingerprint density at radius 2 is 1.60 bits per heavy atom. The first-order chi connectivity index (χ1) is 11.3. The first-order valence-electron chi connectivity index (χ1n) is 7.67. The zero-order valence-electron chi connectivity index (χ0n) is 13.3. The Hall–Kier alpha value is -2.21. The molecule has 0 heterocycles. The van der Waals surface area contributed by atoms with Gasteiger partial charge in [0.2, 0.25) is 0 Å². The zero-order valence-corrected chi connectivity index (χ0v) is 14.1. The molecule has 2 aromatic carbocycles. The third-order valence-electron chi connectivity index (χ3n) is 4.04. The minimum absolute atomic E-state index is 0. The maximum absolute atomic E-state index is 12.7. The summed E-state index contributed by atoms with van der Waals surface area (Å²) in [5, 5.41) is 0. The molecule has 1 amide bonds. The minimum Gasteiger partial charge on any atom is -0.399 e. The summed E-state index contributed by atoms with van der Waals surface area (Å²) in [7, 11) is 0. The molecule has 0 aliphatic heterocycles. The zero-order chi connectivity index (χ0) is 17.3. The molecule has 3 nitrogen and oxygen atoms in total. The van der Waals surface area contributed by atoms with Crippen LogP contribution in [0.15, 0.2) is 48.5 Å². The third-order valence-corrected chi connectivity index (χ3v) is 4.04. The summed E-state index contributed by atoms with van der Waals surface area (Å²) in [6, 6.07) is 11.8. The highest BCUT2D eigenvalue weighted by molar-refractivity contribution is 5.94. The number of amides is 1. The number of anilines is 1. The summed E-state index contributed by atoms with van der Waals surface area (Å²) in [5.74, 6) is -0.127. The van der Waals surface area contributed by atoms with Gasteiger partial charge in [-0.15, -0.1) is 12.4 Å². The van der Waals surface area contributed by atoms with E-state index in [1.54, 1.807) is 29.2 Å². The summed E-state index contributed by atoms with van der Waals surface area (Å²) in [6.07, 6.45) is -2.52. The Bertz CT molecular complexity index is 725. The molecule has 2 aromatic rings. The summed E-state index contributed by atoms with van der Waals surface area (Å²) >= 11 is 0. The fraction of sp³-hybridized carbons (Fsp3) is 0.278. The van der Waals surface area contributed by atoms with E-state index in [2.05, 4.69) is 0 Å². The molecule has 0 atom stereocenters. The highest BCUT2D eigenvalue weighted by atomic mass is 35.5. The lowest BCUT2D eigenvalue weighted by Gasteiger charge is -2.23. The number of benzene rings is 2. The highest BCUT2D eigenvalue weighted by Crippen LogP contribution is 2.32. The van der Waals surface area contributed by atoms with Crippen molar-refractivity contribution in [3.63, 3.8) is 0 Å². The monoisotopic (exact) mass is 370 g/mol. The van der Waals surface area contributed by atoms with Gasteiger partial charge < -0.3 is 10.6 Å². The van der Waals surface area contributed by atoms with Crippen LogP contribution in [0.25, 0.3) is 0 Å². The fourth-order valence-corrected chi connectivity index (χ4v) is 2.54. The van der Waals surface area contributed by atoms with Crippen LogP contribution >= 0.6 is 12.4 Å². The van der Waals surface area contributed by atoms with Crippen LogP contribution in [0, 0.1) is 0 Å².